The molecule has 0 aromatic carbocycles. The van der Waals surface area contributed by atoms with Crippen LogP contribution in [0.5, 0.6) is 0 Å². The van der Waals surface area contributed by atoms with Crippen molar-refractivity contribution in [3.8, 4) is 0 Å². The Kier molecular flexibility index (Phi) is 2.96. The first-order chi connectivity index (χ1) is 5.61. The van der Waals surface area contributed by atoms with Crippen molar-refractivity contribution in [1.82, 2.24) is 0 Å². The average molecular weight is 166 g/mol. The molecule has 12 heavy (non-hydrogen) atoms. The summed E-state index contributed by atoms with van der Waals surface area (Å²) < 4.78 is 5.78. The van der Waals surface area contributed by atoms with Crippen molar-refractivity contribution in [3.63, 3.8) is 0 Å². The molecule has 1 heterocycles. The van der Waals surface area contributed by atoms with Crippen molar-refractivity contribution >= 4 is 0 Å². The van der Waals surface area contributed by atoms with Crippen molar-refractivity contribution in [1.29, 1.82) is 0 Å². The first kappa shape index (κ1) is 9.37. The van der Waals surface area contributed by atoms with Crippen LogP contribution in [0, 0.1) is 11.8 Å². The maximum atomic E-state index is 5.78. The zero-order valence-electron chi connectivity index (χ0n) is 8.37. The SMILES string of the molecule is CC(C)C1=CC=CC(C(C)C)O1. The fourth-order valence-corrected chi connectivity index (χ4v) is 1.18. The van der Waals surface area contributed by atoms with Crippen LogP contribution in [0.25, 0.3) is 0 Å². The minimum absolute atomic E-state index is 0.271. The van der Waals surface area contributed by atoms with Crippen LogP contribution in [0.1, 0.15) is 27.7 Å². The Hall–Kier alpha value is -0.720. The fraction of sp³-hybridized carbons (Fsp3) is 0.636. The molecule has 1 atom stereocenters. The van der Waals surface area contributed by atoms with E-state index < -0.39 is 0 Å². The Labute approximate surface area is 75.1 Å². The molecule has 1 unspecified atom stereocenters. The fourth-order valence-electron chi connectivity index (χ4n) is 1.18. The van der Waals surface area contributed by atoms with Crippen molar-refractivity contribution in [3.05, 3.63) is 24.0 Å². The van der Waals surface area contributed by atoms with Crippen molar-refractivity contribution in [2.24, 2.45) is 11.8 Å². The number of ether oxygens (including phenoxy) is 1. The molecule has 1 nitrogen and oxygen atoms in total. The molecular weight excluding hydrogens is 148 g/mol. The highest BCUT2D eigenvalue weighted by molar-refractivity contribution is 5.16. The number of allylic oxidation sites excluding steroid dienone is 3. The third kappa shape index (κ3) is 2.13. The number of hydrogen-bond donors (Lipinski definition) is 0. The van der Waals surface area contributed by atoms with E-state index in [0.717, 1.165) is 5.76 Å². The monoisotopic (exact) mass is 166 g/mol. The molecule has 0 bridgehead atoms. The van der Waals surface area contributed by atoms with Gasteiger partial charge in [0.1, 0.15) is 6.10 Å². The highest BCUT2D eigenvalue weighted by Gasteiger charge is 2.16. The van der Waals surface area contributed by atoms with Gasteiger partial charge in [0.25, 0.3) is 0 Å². The van der Waals surface area contributed by atoms with Gasteiger partial charge in [-0.2, -0.15) is 0 Å². The molecule has 0 spiro atoms. The Balaban J connectivity index is 2.61. The van der Waals surface area contributed by atoms with Gasteiger partial charge in [0.05, 0.1) is 5.76 Å². The zero-order chi connectivity index (χ0) is 9.14. The van der Waals surface area contributed by atoms with E-state index in [9.17, 15) is 0 Å². The third-order valence-electron chi connectivity index (χ3n) is 2.06. The molecule has 0 saturated carbocycles. The van der Waals surface area contributed by atoms with E-state index in [2.05, 4.69) is 45.9 Å². The van der Waals surface area contributed by atoms with E-state index in [0.29, 0.717) is 11.8 Å². The van der Waals surface area contributed by atoms with Crippen LogP contribution in [0.2, 0.25) is 0 Å². The quantitative estimate of drug-likeness (QED) is 0.612. The summed E-state index contributed by atoms with van der Waals surface area (Å²) in [6.45, 7) is 8.67. The van der Waals surface area contributed by atoms with Gasteiger partial charge in [0.15, 0.2) is 0 Å². The van der Waals surface area contributed by atoms with Crippen LogP contribution >= 0.6 is 0 Å². The summed E-state index contributed by atoms with van der Waals surface area (Å²) in [5.74, 6) is 2.16. The second-order valence-corrected chi connectivity index (χ2v) is 3.94. The number of hydrogen-bond acceptors (Lipinski definition) is 1. The topological polar surface area (TPSA) is 9.23 Å². The summed E-state index contributed by atoms with van der Waals surface area (Å²) >= 11 is 0. The Bertz CT molecular complexity index is 199. The van der Waals surface area contributed by atoms with Gasteiger partial charge in [-0.25, -0.2) is 0 Å². The largest absolute Gasteiger partial charge is 0.490 e. The van der Waals surface area contributed by atoms with Gasteiger partial charge >= 0.3 is 0 Å². The normalized spacial score (nSPS) is 22.8. The third-order valence-corrected chi connectivity index (χ3v) is 2.06. The summed E-state index contributed by atoms with van der Waals surface area (Å²) in [5.41, 5.74) is 0. The van der Waals surface area contributed by atoms with Crippen molar-refractivity contribution in [2.45, 2.75) is 33.8 Å². The molecule has 68 valence electrons. The lowest BCUT2D eigenvalue weighted by atomic mass is 10.0. The standard InChI is InChI=1S/C11H18O/c1-8(2)10-6-5-7-11(12-10)9(3)4/h5-10H,1-4H3. The predicted octanol–water partition coefficient (Wildman–Crippen LogP) is 3.14. The molecule has 0 aromatic rings. The van der Waals surface area contributed by atoms with E-state index >= 15 is 0 Å². The van der Waals surface area contributed by atoms with Gasteiger partial charge in [-0.3, -0.25) is 0 Å². The molecule has 1 rings (SSSR count). The molecule has 0 saturated heterocycles. The Morgan fingerprint density at radius 1 is 1.25 bits per heavy atom. The lowest BCUT2D eigenvalue weighted by Gasteiger charge is -2.25. The predicted molar refractivity (Wildman–Crippen MR) is 51.8 cm³/mol. The second-order valence-electron chi connectivity index (χ2n) is 3.94. The molecule has 0 aliphatic carbocycles. The van der Waals surface area contributed by atoms with Crippen LogP contribution in [0.3, 0.4) is 0 Å². The lowest BCUT2D eigenvalue weighted by Crippen LogP contribution is -2.20. The second kappa shape index (κ2) is 3.79. The summed E-state index contributed by atoms with van der Waals surface area (Å²) in [5, 5.41) is 0. The Morgan fingerprint density at radius 2 is 1.92 bits per heavy atom. The molecule has 1 heteroatoms. The average Bonchev–Trinajstić information content (AvgIpc) is 2.04. The van der Waals surface area contributed by atoms with Crippen LogP contribution in [0.4, 0.5) is 0 Å². The van der Waals surface area contributed by atoms with Crippen LogP contribution < -0.4 is 0 Å². The van der Waals surface area contributed by atoms with E-state index in [1.165, 1.54) is 0 Å². The molecule has 0 radical (unpaired) electrons. The Morgan fingerprint density at radius 3 is 2.42 bits per heavy atom. The van der Waals surface area contributed by atoms with E-state index in [1.807, 2.05) is 0 Å². The van der Waals surface area contributed by atoms with E-state index in [-0.39, 0.29) is 6.10 Å². The molecular formula is C11H18O. The van der Waals surface area contributed by atoms with Gasteiger partial charge in [-0.05, 0) is 18.1 Å². The van der Waals surface area contributed by atoms with Gasteiger partial charge in [0, 0.05) is 5.92 Å². The zero-order valence-corrected chi connectivity index (χ0v) is 8.37. The van der Waals surface area contributed by atoms with Crippen LogP contribution in [-0.4, -0.2) is 6.10 Å². The first-order valence-electron chi connectivity index (χ1n) is 4.66. The lowest BCUT2D eigenvalue weighted by molar-refractivity contribution is 0.0945. The molecule has 0 N–H and O–H groups in total. The minimum Gasteiger partial charge on any atom is -0.490 e. The molecule has 1 aliphatic heterocycles. The first-order valence-corrected chi connectivity index (χ1v) is 4.66. The summed E-state index contributed by atoms with van der Waals surface area (Å²) in [4.78, 5) is 0. The van der Waals surface area contributed by atoms with Gasteiger partial charge in [-0.1, -0.05) is 33.8 Å². The van der Waals surface area contributed by atoms with Crippen LogP contribution in [-0.2, 0) is 4.74 Å². The highest BCUT2D eigenvalue weighted by Crippen LogP contribution is 2.22. The molecule has 0 amide bonds. The summed E-state index contributed by atoms with van der Waals surface area (Å²) in [6.07, 6.45) is 6.55. The van der Waals surface area contributed by atoms with Gasteiger partial charge in [-0.15, -0.1) is 0 Å². The van der Waals surface area contributed by atoms with E-state index in [1.54, 1.807) is 0 Å². The number of rotatable bonds is 2. The van der Waals surface area contributed by atoms with Gasteiger partial charge < -0.3 is 4.74 Å². The smallest absolute Gasteiger partial charge is 0.119 e. The molecule has 0 aromatic heterocycles. The molecule has 0 fully saturated rings. The summed E-state index contributed by atoms with van der Waals surface area (Å²) in [7, 11) is 0. The van der Waals surface area contributed by atoms with Crippen LogP contribution in [0.15, 0.2) is 24.0 Å². The van der Waals surface area contributed by atoms with Gasteiger partial charge in [0.2, 0.25) is 0 Å². The molecule has 1 aliphatic rings. The maximum Gasteiger partial charge on any atom is 0.119 e. The minimum atomic E-state index is 0.271. The summed E-state index contributed by atoms with van der Waals surface area (Å²) in [6, 6.07) is 0. The highest BCUT2D eigenvalue weighted by atomic mass is 16.5. The van der Waals surface area contributed by atoms with E-state index in [4.69, 9.17) is 4.74 Å². The maximum absolute atomic E-state index is 5.78. The van der Waals surface area contributed by atoms with Crippen molar-refractivity contribution < 1.29 is 4.74 Å². The van der Waals surface area contributed by atoms with Crippen molar-refractivity contribution in [2.75, 3.05) is 0 Å².